The molecule has 1 aromatic carbocycles. The first-order valence-electron chi connectivity index (χ1n) is 8.35. The molecule has 24 heavy (non-hydrogen) atoms. The summed E-state index contributed by atoms with van der Waals surface area (Å²) in [7, 11) is 5.40. The summed E-state index contributed by atoms with van der Waals surface area (Å²) in [5, 5.41) is 1.06. The van der Waals surface area contributed by atoms with Crippen LogP contribution in [0.2, 0.25) is 0 Å². The molecule has 1 aliphatic rings. The summed E-state index contributed by atoms with van der Waals surface area (Å²) >= 11 is 0. The van der Waals surface area contributed by atoms with Gasteiger partial charge in [0.05, 0.1) is 0 Å². The molecule has 2 heterocycles. The average Bonchev–Trinajstić information content (AvgIpc) is 3.07. The van der Waals surface area contributed by atoms with E-state index in [2.05, 4.69) is 6.07 Å². The standard InChI is InChI=1S/C19H25N3O2/c1-13-7-8-15-14(11-13)12-16(21(15)5)17(23)22-10-6-9-19(22,2)18(24)20(3)4/h7-8,11-12H,6,9-10H2,1-5H3/t19-/m0/s1. The van der Waals surface area contributed by atoms with Gasteiger partial charge in [-0.3, -0.25) is 9.59 Å². The molecule has 1 aromatic heterocycles. The van der Waals surface area contributed by atoms with Crippen LogP contribution in [0.3, 0.4) is 0 Å². The van der Waals surface area contributed by atoms with Gasteiger partial charge < -0.3 is 14.4 Å². The molecule has 2 amide bonds. The fraction of sp³-hybridized carbons (Fsp3) is 0.474. The predicted octanol–water partition coefficient (Wildman–Crippen LogP) is 2.57. The quantitative estimate of drug-likeness (QED) is 0.851. The molecular weight excluding hydrogens is 302 g/mol. The number of nitrogens with zero attached hydrogens (tertiary/aromatic N) is 3. The molecule has 3 rings (SSSR count). The van der Waals surface area contributed by atoms with E-state index >= 15 is 0 Å². The molecule has 0 radical (unpaired) electrons. The van der Waals surface area contributed by atoms with Crippen LogP contribution in [0.15, 0.2) is 24.3 Å². The number of rotatable bonds is 2. The molecule has 0 bridgehead atoms. The second-order valence-electron chi connectivity index (χ2n) is 7.18. The number of aromatic nitrogens is 1. The van der Waals surface area contributed by atoms with E-state index in [4.69, 9.17) is 0 Å². The van der Waals surface area contributed by atoms with Crippen molar-refractivity contribution in [3.8, 4) is 0 Å². The predicted molar refractivity (Wildman–Crippen MR) is 95.0 cm³/mol. The minimum Gasteiger partial charge on any atom is -0.347 e. The van der Waals surface area contributed by atoms with Crippen molar-refractivity contribution >= 4 is 22.7 Å². The van der Waals surface area contributed by atoms with Crippen LogP contribution in [-0.4, -0.2) is 52.4 Å². The number of carbonyl (C=O) groups is 2. The van der Waals surface area contributed by atoms with Gasteiger partial charge in [-0.1, -0.05) is 11.6 Å². The number of likely N-dealkylation sites (N-methyl/N-ethyl adjacent to an activating group) is 1. The molecule has 2 aromatic rings. The van der Waals surface area contributed by atoms with Gasteiger partial charge in [0.2, 0.25) is 5.91 Å². The number of benzene rings is 1. The van der Waals surface area contributed by atoms with Gasteiger partial charge in [0.1, 0.15) is 11.2 Å². The number of hydrogen-bond donors (Lipinski definition) is 0. The van der Waals surface area contributed by atoms with Crippen LogP contribution in [0, 0.1) is 6.92 Å². The third-order valence-corrected chi connectivity index (χ3v) is 5.17. The zero-order chi connectivity index (χ0) is 17.6. The fourth-order valence-corrected chi connectivity index (χ4v) is 3.81. The second-order valence-corrected chi connectivity index (χ2v) is 7.18. The van der Waals surface area contributed by atoms with Crippen molar-refractivity contribution in [2.24, 2.45) is 7.05 Å². The summed E-state index contributed by atoms with van der Waals surface area (Å²) in [4.78, 5) is 29.2. The zero-order valence-corrected chi connectivity index (χ0v) is 15.1. The molecule has 0 aliphatic carbocycles. The smallest absolute Gasteiger partial charge is 0.271 e. The van der Waals surface area contributed by atoms with E-state index < -0.39 is 5.54 Å². The summed E-state index contributed by atoms with van der Waals surface area (Å²) in [5.74, 6) is -0.0792. The van der Waals surface area contributed by atoms with Gasteiger partial charge in [0.15, 0.2) is 0 Å². The van der Waals surface area contributed by atoms with Crippen molar-refractivity contribution < 1.29 is 9.59 Å². The van der Waals surface area contributed by atoms with Gasteiger partial charge >= 0.3 is 0 Å². The summed E-state index contributed by atoms with van der Waals surface area (Å²) < 4.78 is 1.93. The van der Waals surface area contributed by atoms with Crippen molar-refractivity contribution in [3.05, 3.63) is 35.5 Å². The number of amides is 2. The highest BCUT2D eigenvalue weighted by Crippen LogP contribution is 2.33. The highest BCUT2D eigenvalue weighted by Gasteiger charge is 2.47. The lowest BCUT2D eigenvalue weighted by molar-refractivity contribution is -0.138. The monoisotopic (exact) mass is 327 g/mol. The highest BCUT2D eigenvalue weighted by molar-refractivity contribution is 6.02. The molecule has 1 aliphatic heterocycles. The van der Waals surface area contributed by atoms with Gasteiger partial charge in [0.25, 0.3) is 5.91 Å². The maximum atomic E-state index is 13.2. The van der Waals surface area contributed by atoms with Gasteiger partial charge in [-0.25, -0.2) is 0 Å². The lowest BCUT2D eigenvalue weighted by atomic mass is 9.97. The molecule has 1 atom stereocenters. The SMILES string of the molecule is Cc1ccc2c(c1)cc(C(=O)N1CCC[C@@]1(C)C(=O)N(C)C)n2C. The van der Waals surface area contributed by atoms with Crippen LogP contribution in [0.4, 0.5) is 0 Å². The Kier molecular flexibility index (Phi) is 3.90. The topological polar surface area (TPSA) is 45.6 Å². The molecule has 5 heteroatoms. The Morgan fingerprint density at radius 1 is 1.21 bits per heavy atom. The molecule has 0 unspecified atom stereocenters. The van der Waals surface area contributed by atoms with Crippen molar-refractivity contribution in [1.82, 2.24) is 14.4 Å². The maximum absolute atomic E-state index is 13.2. The van der Waals surface area contributed by atoms with E-state index in [0.29, 0.717) is 18.7 Å². The van der Waals surface area contributed by atoms with Crippen molar-refractivity contribution in [1.29, 1.82) is 0 Å². The Morgan fingerprint density at radius 2 is 1.92 bits per heavy atom. The van der Waals surface area contributed by atoms with Crippen LogP contribution in [0.25, 0.3) is 10.9 Å². The lowest BCUT2D eigenvalue weighted by Crippen LogP contribution is -2.55. The number of hydrogen-bond acceptors (Lipinski definition) is 2. The minimum absolute atomic E-state index is 0.0111. The van der Waals surface area contributed by atoms with Crippen LogP contribution in [0.1, 0.15) is 35.8 Å². The first kappa shape index (κ1) is 16.6. The Balaban J connectivity index is 2.02. The van der Waals surface area contributed by atoms with E-state index in [9.17, 15) is 9.59 Å². The molecule has 5 nitrogen and oxygen atoms in total. The Labute approximate surface area is 142 Å². The molecule has 1 fully saturated rings. The molecule has 1 saturated heterocycles. The lowest BCUT2D eigenvalue weighted by Gasteiger charge is -2.35. The van der Waals surface area contributed by atoms with E-state index in [-0.39, 0.29) is 11.8 Å². The van der Waals surface area contributed by atoms with E-state index in [1.165, 1.54) is 5.56 Å². The number of likely N-dealkylation sites (tertiary alicyclic amines) is 1. The van der Waals surface area contributed by atoms with E-state index in [0.717, 1.165) is 17.3 Å². The number of aryl methyl sites for hydroxylation is 2. The van der Waals surface area contributed by atoms with Gasteiger partial charge in [-0.2, -0.15) is 0 Å². The summed E-state index contributed by atoms with van der Waals surface area (Å²) in [5.41, 5.74) is 2.08. The zero-order valence-electron chi connectivity index (χ0n) is 15.1. The Morgan fingerprint density at radius 3 is 2.58 bits per heavy atom. The van der Waals surface area contributed by atoms with Crippen LogP contribution < -0.4 is 0 Å². The summed E-state index contributed by atoms with van der Waals surface area (Å²) in [6.45, 7) is 4.55. The van der Waals surface area contributed by atoms with Crippen LogP contribution >= 0.6 is 0 Å². The van der Waals surface area contributed by atoms with Crippen molar-refractivity contribution in [2.75, 3.05) is 20.6 Å². The first-order chi connectivity index (χ1) is 11.3. The largest absolute Gasteiger partial charge is 0.347 e. The average molecular weight is 327 g/mol. The molecular formula is C19H25N3O2. The number of carbonyl (C=O) groups excluding carboxylic acids is 2. The van der Waals surface area contributed by atoms with E-state index in [1.54, 1.807) is 23.9 Å². The van der Waals surface area contributed by atoms with Crippen LogP contribution in [-0.2, 0) is 11.8 Å². The Bertz CT molecular complexity index is 821. The highest BCUT2D eigenvalue weighted by atomic mass is 16.2. The third-order valence-electron chi connectivity index (χ3n) is 5.17. The third kappa shape index (κ3) is 2.39. The van der Waals surface area contributed by atoms with Gasteiger partial charge in [0, 0.05) is 38.6 Å². The van der Waals surface area contributed by atoms with Gasteiger partial charge in [-0.15, -0.1) is 0 Å². The van der Waals surface area contributed by atoms with E-state index in [1.807, 2.05) is 43.7 Å². The summed E-state index contributed by atoms with van der Waals surface area (Å²) in [6.07, 6.45) is 1.56. The number of fused-ring (bicyclic) bond motifs is 1. The fourth-order valence-electron chi connectivity index (χ4n) is 3.81. The second kappa shape index (κ2) is 5.65. The normalized spacial score (nSPS) is 20.6. The minimum atomic E-state index is -0.757. The molecule has 0 saturated carbocycles. The first-order valence-corrected chi connectivity index (χ1v) is 8.35. The Hall–Kier alpha value is -2.30. The molecule has 0 spiro atoms. The summed E-state index contributed by atoms with van der Waals surface area (Å²) in [6, 6.07) is 8.10. The van der Waals surface area contributed by atoms with Crippen LogP contribution in [0.5, 0.6) is 0 Å². The van der Waals surface area contributed by atoms with Crippen molar-refractivity contribution in [2.45, 2.75) is 32.2 Å². The maximum Gasteiger partial charge on any atom is 0.271 e. The molecule has 0 N–H and O–H groups in total. The molecule has 128 valence electrons. The van der Waals surface area contributed by atoms with Gasteiger partial charge in [-0.05, 0) is 44.9 Å². The van der Waals surface area contributed by atoms with Crippen molar-refractivity contribution in [3.63, 3.8) is 0 Å².